The molecule has 0 aliphatic heterocycles. The molecule has 0 saturated carbocycles. The molecular weight excluding hydrogens is 228 g/mol. The Labute approximate surface area is 110 Å². The number of phenols is 1. The van der Waals surface area contributed by atoms with Gasteiger partial charge in [0.2, 0.25) is 0 Å². The Morgan fingerprint density at radius 1 is 1.39 bits per heavy atom. The van der Waals surface area contributed by atoms with Crippen molar-refractivity contribution in [2.24, 2.45) is 0 Å². The first-order valence-corrected chi connectivity index (χ1v) is 6.37. The summed E-state index contributed by atoms with van der Waals surface area (Å²) >= 11 is 0. The highest BCUT2D eigenvalue weighted by molar-refractivity contribution is 5.45. The van der Waals surface area contributed by atoms with Gasteiger partial charge >= 0.3 is 0 Å². The lowest BCUT2D eigenvalue weighted by atomic mass is 10.2. The smallest absolute Gasteiger partial charge is 0.162 e. The van der Waals surface area contributed by atoms with Gasteiger partial charge in [0.1, 0.15) is 0 Å². The molecule has 1 rings (SSSR count). The Bertz CT molecular complexity index is 367. The molecule has 0 aromatic heterocycles. The van der Waals surface area contributed by atoms with Crippen LogP contribution in [0.3, 0.4) is 0 Å². The fraction of sp³-hybridized carbons (Fsp3) is 0.571. The number of aromatic hydroxyl groups is 1. The van der Waals surface area contributed by atoms with Crippen molar-refractivity contribution in [2.45, 2.75) is 26.4 Å². The van der Waals surface area contributed by atoms with Gasteiger partial charge in [0, 0.05) is 24.7 Å². The van der Waals surface area contributed by atoms with E-state index < -0.39 is 0 Å². The molecule has 0 bridgehead atoms. The molecule has 1 aromatic carbocycles. The van der Waals surface area contributed by atoms with E-state index in [0.29, 0.717) is 24.9 Å². The summed E-state index contributed by atoms with van der Waals surface area (Å²) in [5.41, 5.74) is 0.868. The molecule has 0 radical (unpaired) electrons. The standard InChI is InChI=1S/C14H24N2O2/c1-5-18-13-8-6-7-12(14(13)17)10-15-9-11(2)16(3)4/h6-8,11,15,17H,5,9-10H2,1-4H3. The van der Waals surface area contributed by atoms with Crippen LogP contribution in [0.15, 0.2) is 18.2 Å². The van der Waals surface area contributed by atoms with E-state index in [1.54, 1.807) is 6.07 Å². The van der Waals surface area contributed by atoms with Crippen molar-refractivity contribution in [2.75, 3.05) is 27.2 Å². The first-order valence-electron chi connectivity index (χ1n) is 6.37. The number of hydrogen-bond donors (Lipinski definition) is 2. The van der Waals surface area contributed by atoms with Crippen LogP contribution in [0.25, 0.3) is 0 Å². The molecule has 0 spiro atoms. The molecule has 4 heteroatoms. The van der Waals surface area contributed by atoms with Crippen LogP contribution in [0.4, 0.5) is 0 Å². The molecule has 0 amide bonds. The Kier molecular flexibility index (Phi) is 5.95. The van der Waals surface area contributed by atoms with Crippen molar-refractivity contribution < 1.29 is 9.84 Å². The van der Waals surface area contributed by atoms with Gasteiger partial charge in [-0.15, -0.1) is 0 Å². The Morgan fingerprint density at radius 2 is 2.11 bits per heavy atom. The molecule has 1 aromatic rings. The molecule has 0 heterocycles. The minimum Gasteiger partial charge on any atom is -0.504 e. The minimum absolute atomic E-state index is 0.240. The van der Waals surface area contributed by atoms with E-state index in [0.717, 1.165) is 12.1 Å². The summed E-state index contributed by atoms with van der Waals surface area (Å²) in [6.07, 6.45) is 0. The Balaban J connectivity index is 2.54. The van der Waals surface area contributed by atoms with Crippen LogP contribution in [0, 0.1) is 0 Å². The minimum atomic E-state index is 0.240. The number of ether oxygens (including phenoxy) is 1. The molecule has 0 fully saturated rings. The summed E-state index contributed by atoms with van der Waals surface area (Å²) in [6.45, 7) is 6.14. The first-order chi connectivity index (χ1) is 8.56. The van der Waals surface area contributed by atoms with Gasteiger partial charge in [0.15, 0.2) is 11.5 Å². The number of benzene rings is 1. The number of para-hydroxylation sites is 1. The summed E-state index contributed by atoms with van der Waals surface area (Å²) in [4.78, 5) is 2.16. The number of likely N-dealkylation sites (N-methyl/N-ethyl adjacent to an activating group) is 1. The second-order valence-electron chi connectivity index (χ2n) is 4.64. The zero-order valence-corrected chi connectivity index (χ0v) is 11.7. The van der Waals surface area contributed by atoms with Crippen LogP contribution < -0.4 is 10.1 Å². The van der Waals surface area contributed by atoms with Gasteiger partial charge in [0.05, 0.1) is 6.61 Å². The second-order valence-corrected chi connectivity index (χ2v) is 4.64. The molecule has 0 aliphatic carbocycles. The number of rotatable bonds is 7. The number of nitrogens with one attached hydrogen (secondary N) is 1. The Morgan fingerprint density at radius 3 is 2.72 bits per heavy atom. The van der Waals surface area contributed by atoms with Crippen molar-refractivity contribution in [3.05, 3.63) is 23.8 Å². The largest absolute Gasteiger partial charge is 0.504 e. The molecule has 18 heavy (non-hydrogen) atoms. The van der Waals surface area contributed by atoms with E-state index in [-0.39, 0.29) is 5.75 Å². The third-order valence-electron chi connectivity index (χ3n) is 3.02. The summed E-state index contributed by atoms with van der Waals surface area (Å²) < 4.78 is 5.36. The van der Waals surface area contributed by atoms with Gasteiger partial charge in [-0.05, 0) is 34.0 Å². The SMILES string of the molecule is CCOc1cccc(CNCC(C)N(C)C)c1O. The van der Waals surface area contributed by atoms with Crippen LogP contribution in [-0.2, 0) is 6.54 Å². The maximum Gasteiger partial charge on any atom is 0.162 e. The van der Waals surface area contributed by atoms with Gasteiger partial charge in [-0.3, -0.25) is 0 Å². The number of hydrogen-bond acceptors (Lipinski definition) is 4. The second kappa shape index (κ2) is 7.24. The van der Waals surface area contributed by atoms with E-state index in [9.17, 15) is 5.11 Å². The zero-order valence-electron chi connectivity index (χ0n) is 11.7. The molecule has 1 unspecified atom stereocenters. The first kappa shape index (κ1) is 14.8. The highest BCUT2D eigenvalue weighted by Gasteiger charge is 2.08. The molecular formula is C14H24N2O2. The zero-order chi connectivity index (χ0) is 13.5. The van der Waals surface area contributed by atoms with Crippen LogP contribution in [0.1, 0.15) is 19.4 Å². The lowest BCUT2D eigenvalue weighted by molar-refractivity contribution is 0.300. The average molecular weight is 252 g/mol. The van der Waals surface area contributed by atoms with E-state index >= 15 is 0 Å². The van der Waals surface area contributed by atoms with E-state index in [1.165, 1.54) is 0 Å². The van der Waals surface area contributed by atoms with Gasteiger partial charge in [-0.2, -0.15) is 0 Å². The molecule has 4 nitrogen and oxygen atoms in total. The van der Waals surface area contributed by atoms with Crippen LogP contribution >= 0.6 is 0 Å². The van der Waals surface area contributed by atoms with Gasteiger partial charge in [0.25, 0.3) is 0 Å². The third kappa shape index (κ3) is 4.20. The summed E-state index contributed by atoms with van der Waals surface area (Å²) in [5, 5.41) is 13.4. The predicted octanol–water partition coefficient (Wildman–Crippen LogP) is 1.83. The van der Waals surface area contributed by atoms with E-state index in [4.69, 9.17) is 4.74 Å². The van der Waals surface area contributed by atoms with E-state index in [1.807, 2.05) is 19.1 Å². The van der Waals surface area contributed by atoms with Crippen LogP contribution in [0.2, 0.25) is 0 Å². The van der Waals surface area contributed by atoms with Crippen LogP contribution in [0.5, 0.6) is 11.5 Å². The predicted molar refractivity (Wildman–Crippen MR) is 74.1 cm³/mol. The topological polar surface area (TPSA) is 44.7 Å². The maximum atomic E-state index is 10.0. The van der Waals surface area contributed by atoms with Crippen molar-refractivity contribution >= 4 is 0 Å². The molecule has 2 N–H and O–H groups in total. The van der Waals surface area contributed by atoms with Crippen LogP contribution in [-0.4, -0.2) is 43.3 Å². The molecule has 1 atom stereocenters. The summed E-state index contributed by atoms with van der Waals surface area (Å²) in [7, 11) is 4.11. The third-order valence-corrected chi connectivity index (χ3v) is 3.02. The monoisotopic (exact) mass is 252 g/mol. The lowest BCUT2D eigenvalue weighted by Crippen LogP contribution is -2.35. The van der Waals surface area contributed by atoms with Gasteiger partial charge in [-0.25, -0.2) is 0 Å². The van der Waals surface area contributed by atoms with Crippen molar-refractivity contribution in [1.82, 2.24) is 10.2 Å². The average Bonchev–Trinajstić information content (AvgIpc) is 2.33. The quantitative estimate of drug-likeness (QED) is 0.777. The highest BCUT2D eigenvalue weighted by Crippen LogP contribution is 2.29. The summed E-state index contributed by atoms with van der Waals surface area (Å²) in [5.74, 6) is 0.793. The fourth-order valence-corrected chi connectivity index (χ4v) is 1.58. The lowest BCUT2D eigenvalue weighted by Gasteiger charge is -2.20. The van der Waals surface area contributed by atoms with Crippen molar-refractivity contribution in [3.8, 4) is 11.5 Å². The maximum absolute atomic E-state index is 10.0. The number of phenolic OH excluding ortho intramolecular Hbond substituents is 1. The molecule has 0 aliphatic rings. The summed E-state index contributed by atoms with van der Waals surface area (Å²) in [6, 6.07) is 6.05. The normalized spacial score (nSPS) is 12.7. The molecule has 0 saturated heterocycles. The Hall–Kier alpha value is -1.26. The number of nitrogens with zero attached hydrogens (tertiary/aromatic N) is 1. The van der Waals surface area contributed by atoms with Gasteiger partial charge in [-0.1, -0.05) is 12.1 Å². The fourth-order valence-electron chi connectivity index (χ4n) is 1.58. The van der Waals surface area contributed by atoms with Crippen molar-refractivity contribution in [1.29, 1.82) is 0 Å². The van der Waals surface area contributed by atoms with E-state index in [2.05, 4.69) is 31.2 Å². The van der Waals surface area contributed by atoms with Crippen molar-refractivity contribution in [3.63, 3.8) is 0 Å². The highest BCUT2D eigenvalue weighted by atomic mass is 16.5. The van der Waals surface area contributed by atoms with Gasteiger partial charge < -0.3 is 20.1 Å². The molecule has 102 valence electrons.